The lowest BCUT2D eigenvalue weighted by atomic mass is 9.97. The van der Waals surface area contributed by atoms with Crippen LogP contribution in [0.3, 0.4) is 0 Å². The van der Waals surface area contributed by atoms with Crippen LogP contribution in [0, 0.1) is 6.92 Å². The quantitative estimate of drug-likeness (QED) is 0.795. The van der Waals surface area contributed by atoms with Crippen LogP contribution in [0.1, 0.15) is 22.7 Å². The van der Waals surface area contributed by atoms with Crippen molar-refractivity contribution >= 4 is 31.9 Å². The van der Waals surface area contributed by atoms with E-state index in [9.17, 15) is 0 Å². The zero-order valence-corrected chi connectivity index (χ0v) is 15.3. The molecule has 0 saturated heterocycles. The monoisotopic (exact) mass is 413 g/mol. The Balaban J connectivity index is 2.49. The molecule has 2 rings (SSSR count). The summed E-state index contributed by atoms with van der Waals surface area (Å²) in [4.78, 5) is 0. The maximum absolute atomic E-state index is 6.43. The Morgan fingerprint density at radius 2 is 1.67 bits per heavy atom. The van der Waals surface area contributed by atoms with Crippen molar-refractivity contribution in [2.45, 2.75) is 13.0 Å². The molecule has 0 amide bonds. The first-order valence-electron chi connectivity index (χ1n) is 6.41. The number of aryl methyl sites for hydroxylation is 1. The normalized spacial score (nSPS) is 12.1. The second-order valence-corrected chi connectivity index (χ2v) is 6.42. The standard InChI is InChI=1S/C16H17Br2NO2/c1-9-6-14(18)12(8-13(9)17)16(19)11-5-4-10(20-2)7-15(11)21-3/h4-8,16H,19H2,1-3H3. The molecule has 0 fully saturated rings. The van der Waals surface area contributed by atoms with Crippen molar-refractivity contribution in [3.8, 4) is 11.5 Å². The average Bonchev–Trinajstić information content (AvgIpc) is 2.49. The molecule has 2 aromatic carbocycles. The molecule has 0 aliphatic rings. The summed E-state index contributed by atoms with van der Waals surface area (Å²) in [5, 5.41) is 0. The summed E-state index contributed by atoms with van der Waals surface area (Å²) >= 11 is 7.14. The maximum Gasteiger partial charge on any atom is 0.127 e. The molecule has 2 aromatic rings. The summed E-state index contributed by atoms with van der Waals surface area (Å²) < 4.78 is 12.7. The molecule has 21 heavy (non-hydrogen) atoms. The van der Waals surface area contributed by atoms with Gasteiger partial charge >= 0.3 is 0 Å². The van der Waals surface area contributed by atoms with E-state index in [-0.39, 0.29) is 6.04 Å². The van der Waals surface area contributed by atoms with Crippen molar-refractivity contribution in [3.05, 3.63) is 56.0 Å². The van der Waals surface area contributed by atoms with Crippen LogP contribution in [0.4, 0.5) is 0 Å². The Hall–Kier alpha value is -1.04. The molecule has 0 spiro atoms. The Kier molecular flexibility index (Phi) is 5.30. The molecular weight excluding hydrogens is 398 g/mol. The Morgan fingerprint density at radius 1 is 0.952 bits per heavy atom. The fourth-order valence-corrected chi connectivity index (χ4v) is 3.21. The lowest BCUT2D eigenvalue weighted by Crippen LogP contribution is -2.14. The first-order chi connectivity index (χ1) is 9.97. The SMILES string of the molecule is COc1ccc(C(N)c2cc(Br)c(C)cc2Br)c(OC)c1. The second kappa shape index (κ2) is 6.81. The molecule has 112 valence electrons. The van der Waals surface area contributed by atoms with Gasteiger partial charge in [-0.05, 0) is 42.3 Å². The predicted molar refractivity (Wildman–Crippen MR) is 92.2 cm³/mol. The van der Waals surface area contributed by atoms with Gasteiger partial charge in [0.15, 0.2) is 0 Å². The number of rotatable bonds is 4. The Bertz CT molecular complexity index is 659. The summed E-state index contributed by atoms with van der Waals surface area (Å²) in [6, 6.07) is 9.45. The van der Waals surface area contributed by atoms with Crippen molar-refractivity contribution < 1.29 is 9.47 Å². The highest BCUT2D eigenvalue weighted by atomic mass is 79.9. The van der Waals surface area contributed by atoms with Crippen LogP contribution in [-0.2, 0) is 0 Å². The molecule has 0 saturated carbocycles. The summed E-state index contributed by atoms with van der Waals surface area (Å²) in [6.45, 7) is 2.04. The zero-order valence-electron chi connectivity index (χ0n) is 12.1. The van der Waals surface area contributed by atoms with Gasteiger partial charge in [0.05, 0.1) is 20.3 Å². The van der Waals surface area contributed by atoms with Gasteiger partial charge in [0.2, 0.25) is 0 Å². The summed E-state index contributed by atoms with van der Waals surface area (Å²) in [5.41, 5.74) is 9.49. The van der Waals surface area contributed by atoms with Crippen LogP contribution in [0.2, 0.25) is 0 Å². The molecule has 1 unspecified atom stereocenters. The number of halogens is 2. The van der Waals surface area contributed by atoms with E-state index in [1.54, 1.807) is 14.2 Å². The highest BCUT2D eigenvalue weighted by Crippen LogP contribution is 2.36. The van der Waals surface area contributed by atoms with E-state index < -0.39 is 0 Å². The van der Waals surface area contributed by atoms with Crippen molar-refractivity contribution in [1.29, 1.82) is 0 Å². The van der Waals surface area contributed by atoms with Crippen LogP contribution in [0.25, 0.3) is 0 Å². The molecule has 3 nitrogen and oxygen atoms in total. The topological polar surface area (TPSA) is 44.5 Å². The van der Waals surface area contributed by atoms with Gasteiger partial charge < -0.3 is 15.2 Å². The van der Waals surface area contributed by atoms with Gasteiger partial charge in [-0.2, -0.15) is 0 Å². The van der Waals surface area contributed by atoms with Crippen molar-refractivity contribution in [2.75, 3.05) is 14.2 Å². The molecule has 0 aliphatic heterocycles. The smallest absolute Gasteiger partial charge is 0.127 e. The minimum absolute atomic E-state index is 0.294. The molecular formula is C16H17Br2NO2. The Labute approximate surface area is 141 Å². The van der Waals surface area contributed by atoms with Gasteiger partial charge in [0, 0.05) is 20.6 Å². The Morgan fingerprint density at radius 3 is 2.29 bits per heavy atom. The van der Waals surface area contributed by atoms with E-state index >= 15 is 0 Å². The van der Waals surface area contributed by atoms with Crippen LogP contribution in [0.5, 0.6) is 11.5 Å². The maximum atomic E-state index is 6.43. The van der Waals surface area contributed by atoms with E-state index in [2.05, 4.69) is 37.9 Å². The van der Waals surface area contributed by atoms with E-state index in [0.717, 1.165) is 31.4 Å². The van der Waals surface area contributed by atoms with Gasteiger partial charge in [0.1, 0.15) is 11.5 Å². The van der Waals surface area contributed by atoms with Crippen LogP contribution < -0.4 is 15.2 Å². The van der Waals surface area contributed by atoms with E-state index in [0.29, 0.717) is 5.75 Å². The van der Waals surface area contributed by atoms with Crippen LogP contribution in [0.15, 0.2) is 39.3 Å². The minimum Gasteiger partial charge on any atom is -0.497 e. The lowest BCUT2D eigenvalue weighted by Gasteiger charge is -2.19. The molecule has 0 aromatic heterocycles. The summed E-state index contributed by atoms with van der Waals surface area (Å²) in [6.07, 6.45) is 0. The first-order valence-corrected chi connectivity index (χ1v) is 7.99. The number of methoxy groups -OCH3 is 2. The molecule has 0 radical (unpaired) electrons. The third-order valence-corrected chi connectivity index (χ3v) is 4.93. The molecule has 0 heterocycles. The summed E-state index contributed by atoms with van der Waals surface area (Å²) in [7, 11) is 3.26. The molecule has 2 N–H and O–H groups in total. The fourth-order valence-electron chi connectivity index (χ4n) is 2.14. The third-order valence-electron chi connectivity index (χ3n) is 3.39. The summed E-state index contributed by atoms with van der Waals surface area (Å²) in [5.74, 6) is 1.46. The number of nitrogens with two attached hydrogens (primary N) is 1. The van der Waals surface area contributed by atoms with Crippen LogP contribution in [-0.4, -0.2) is 14.2 Å². The molecule has 0 aliphatic carbocycles. The van der Waals surface area contributed by atoms with Crippen molar-refractivity contribution in [2.24, 2.45) is 5.73 Å². The highest BCUT2D eigenvalue weighted by Gasteiger charge is 2.18. The largest absolute Gasteiger partial charge is 0.497 e. The minimum atomic E-state index is -0.294. The highest BCUT2D eigenvalue weighted by molar-refractivity contribution is 9.11. The van der Waals surface area contributed by atoms with E-state index in [4.69, 9.17) is 15.2 Å². The number of benzene rings is 2. The van der Waals surface area contributed by atoms with Gasteiger partial charge in [-0.1, -0.05) is 31.9 Å². The average molecular weight is 415 g/mol. The first kappa shape index (κ1) is 16.3. The third kappa shape index (κ3) is 3.42. The number of hydrogen-bond donors (Lipinski definition) is 1. The number of ether oxygens (including phenoxy) is 2. The molecule has 5 heteroatoms. The lowest BCUT2D eigenvalue weighted by molar-refractivity contribution is 0.390. The van der Waals surface area contributed by atoms with Crippen molar-refractivity contribution in [1.82, 2.24) is 0 Å². The van der Waals surface area contributed by atoms with Crippen molar-refractivity contribution in [3.63, 3.8) is 0 Å². The molecule has 0 bridgehead atoms. The molecule has 1 atom stereocenters. The van der Waals surface area contributed by atoms with Gasteiger partial charge in [-0.15, -0.1) is 0 Å². The van der Waals surface area contributed by atoms with Gasteiger partial charge in [-0.3, -0.25) is 0 Å². The fraction of sp³-hybridized carbons (Fsp3) is 0.250. The second-order valence-electron chi connectivity index (χ2n) is 4.71. The van der Waals surface area contributed by atoms with E-state index in [1.807, 2.05) is 31.2 Å². The predicted octanol–water partition coefficient (Wildman–Crippen LogP) is 4.59. The van der Waals surface area contributed by atoms with Gasteiger partial charge in [-0.25, -0.2) is 0 Å². The zero-order chi connectivity index (χ0) is 15.6. The number of hydrogen-bond acceptors (Lipinski definition) is 3. The van der Waals surface area contributed by atoms with Gasteiger partial charge in [0.25, 0.3) is 0 Å². The van der Waals surface area contributed by atoms with E-state index in [1.165, 1.54) is 0 Å². The van der Waals surface area contributed by atoms with Crippen LogP contribution >= 0.6 is 31.9 Å².